The van der Waals surface area contributed by atoms with Crippen LogP contribution < -0.4 is 0 Å². The molecule has 0 aromatic carbocycles. The fraction of sp³-hybridized carbons (Fsp3) is 0.652. The van der Waals surface area contributed by atoms with Gasteiger partial charge in [0.15, 0.2) is 0 Å². The van der Waals surface area contributed by atoms with Crippen LogP contribution in [0.3, 0.4) is 0 Å². The van der Waals surface area contributed by atoms with E-state index in [0.29, 0.717) is 25.3 Å². The van der Waals surface area contributed by atoms with Crippen molar-refractivity contribution < 1.29 is 14.6 Å². The summed E-state index contributed by atoms with van der Waals surface area (Å²) in [6.07, 6.45) is 13.2. The van der Waals surface area contributed by atoms with Crippen LogP contribution in [-0.2, 0) is 16.1 Å². The third-order valence-corrected chi connectivity index (χ3v) is 7.46. The summed E-state index contributed by atoms with van der Waals surface area (Å²) in [7, 11) is 1.75. The molecule has 2 aromatic heterocycles. The average molecular weight is 398 g/mol. The number of piperidine rings is 1. The van der Waals surface area contributed by atoms with E-state index in [0.717, 1.165) is 49.4 Å². The number of hydrogen-bond acceptors (Lipinski definition) is 4. The fourth-order valence-corrected chi connectivity index (χ4v) is 6.09. The SMILES string of the molecule is CO[C@@H]1CCC[C@H](C(=O)N2[C@H]3CC[C@H]2CC(O)(Cn2ccc4ccncc42)C3)C1. The predicted octanol–water partition coefficient (Wildman–Crippen LogP) is 3.13. The minimum Gasteiger partial charge on any atom is -0.388 e. The van der Waals surface area contributed by atoms with E-state index in [1.807, 2.05) is 18.5 Å². The number of fused-ring (bicyclic) bond motifs is 3. The normalized spacial score (nSPS) is 34.6. The van der Waals surface area contributed by atoms with Crippen molar-refractivity contribution in [1.29, 1.82) is 0 Å². The van der Waals surface area contributed by atoms with Gasteiger partial charge < -0.3 is 19.3 Å². The van der Waals surface area contributed by atoms with E-state index >= 15 is 0 Å². The van der Waals surface area contributed by atoms with E-state index in [9.17, 15) is 9.90 Å². The Hall–Kier alpha value is -1.92. The van der Waals surface area contributed by atoms with E-state index in [2.05, 4.69) is 20.5 Å². The second-order valence-corrected chi connectivity index (χ2v) is 9.36. The number of carbonyl (C=O) groups is 1. The van der Waals surface area contributed by atoms with Gasteiger partial charge in [0.05, 0.1) is 30.0 Å². The first kappa shape index (κ1) is 19.1. The van der Waals surface area contributed by atoms with Crippen LogP contribution in [0.1, 0.15) is 51.4 Å². The zero-order chi connectivity index (χ0) is 20.0. The lowest BCUT2D eigenvalue weighted by atomic mass is 9.82. The minimum absolute atomic E-state index is 0.0856. The number of nitrogens with zero attached hydrogens (tertiary/aromatic N) is 3. The second-order valence-electron chi connectivity index (χ2n) is 9.36. The maximum atomic E-state index is 13.4. The summed E-state index contributed by atoms with van der Waals surface area (Å²) in [6, 6.07) is 4.39. The molecule has 3 fully saturated rings. The van der Waals surface area contributed by atoms with Gasteiger partial charge in [0, 0.05) is 42.9 Å². The molecule has 2 aromatic rings. The van der Waals surface area contributed by atoms with Crippen molar-refractivity contribution in [3.05, 3.63) is 30.7 Å². The molecule has 1 amide bonds. The first-order chi connectivity index (χ1) is 14.1. The molecule has 29 heavy (non-hydrogen) atoms. The zero-order valence-electron chi connectivity index (χ0n) is 17.2. The van der Waals surface area contributed by atoms with Crippen LogP contribution in [0.25, 0.3) is 10.9 Å². The predicted molar refractivity (Wildman–Crippen MR) is 110 cm³/mol. The summed E-state index contributed by atoms with van der Waals surface area (Å²) in [5.41, 5.74) is 0.283. The Labute approximate surface area is 171 Å². The molecule has 0 spiro atoms. The first-order valence-electron chi connectivity index (χ1n) is 11.0. The highest BCUT2D eigenvalue weighted by Crippen LogP contribution is 2.43. The van der Waals surface area contributed by atoms with Crippen molar-refractivity contribution in [2.45, 2.75) is 81.7 Å². The largest absolute Gasteiger partial charge is 0.388 e. The number of amides is 1. The van der Waals surface area contributed by atoms with E-state index in [1.54, 1.807) is 13.3 Å². The standard InChI is InChI=1S/C23H31N3O3/c1-29-20-4-2-3-17(11-20)22(27)26-18-5-6-19(26)13-23(28,12-18)15-25-10-8-16-7-9-24-14-21(16)25/h7-10,14,17-20,28H,2-6,11-13,15H2,1H3/t17-,18-,19-,20+/m0/s1. The number of hydrogen-bond donors (Lipinski definition) is 1. The summed E-state index contributed by atoms with van der Waals surface area (Å²) < 4.78 is 7.65. The topological polar surface area (TPSA) is 67.6 Å². The number of ether oxygens (including phenoxy) is 1. The Morgan fingerprint density at radius 2 is 2.03 bits per heavy atom. The zero-order valence-corrected chi connectivity index (χ0v) is 17.2. The van der Waals surface area contributed by atoms with Crippen LogP contribution in [0.2, 0.25) is 0 Å². The van der Waals surface area contributed by atoms with E-state index < -0.39 is 5.60 Å². The maximum Gasteiger partial charge on any atom is 0.226 e. The molecule has 1 saturated carbocycles. The second kappa shape index (κ2) is 7.40. The quantitative estimate of drug-likeness (QED) is 0.861. The minimum atomic E-state index is -0.772. The molecular formula is C23H31N3O3. The molecule has 0 radical (unpaired) electrons. The van der Waals surface area contributed by atoms with Gasteiger partial charge in [-0.2, -0.15) is 0 Å². The molecule has 1 N–H and O–H groups in total. The lowest BCUT2D eigenvalue weighted by Crippen LogP contribution is -2.56. The van der Waals surface area contributed by atoms with Crippen LogP contribution >= 0.6 is 0 Å². The van der Waals surface area contributed by atoms with Crippen LogP contribution in [0.15, 0.2) is 30.7 Å². The van der Waals surface area contributed by atoms with Crippen molar-refractivity contribution in [2.24, 2.45) is 5.92 Å². The Bertz CT molecular complexity index is 880. The molecule has 1 aliphatic carbocycles. The lowest BCUT2D eigenvalue weighted by Gasteiger charge is -2.45. The molecule has 0 unspecified atom stereocenters. The number of rotatable bonds is 4. The van der Waals surface area contributed by atoms with Gasteiger partial charge in [0.2, 0.25) is 5.91 Å². The van der Waals surface area contributed by atoms with Gasteiger partial charge in [-0.05, 0) is 57.1 Å². The van der Waals surface area contributed by atoms with Crippen LogP contribution in [-0.4, -0.2) is 56.4 Å². The Balaban J connectivity index is 1.31. The smallest absolute Gasteiger partial charge is 0.226 e. The number of pyridine rings is 1. The highest BCUT2D eigenvalue weighted by molar-refractivity contribution is 5.80. The van der Waals surface area contributed by atoms with Gasteiger partial charge in [-0.15, -0.1) is 0 Å². The number of aromatic nitrogens is 2. The molecule has 2 aliphatic heterocycles. The summed E-state index contributed by atoms with van der Waals surface area (Å²) in [5, 5.41) is 12.6. The highest BCUT2D eigenvalue weighted by Gasteiger charge is 2.50. The van der Waals surface area contributed by atoms with Crippen LogP contribution in [0.5, 0.6) is 0 Å². The molecule has 6 nitrogen and oxygen atoms in total. The van der Waals surface area contributed by atoms with Crippen molar-refractivity contribution >= 4 is 16.8 Å². The summed E-state index contributed by atoms with van der Waals surface area (Å²) in [6.45, 7) is 0.562. The van der Waals surface area contributed by atoms with Crippen LogP contribution in [0, 0.1) is 5.92 Å². The summed E-state index contributed by atoms with van der Waals surface area (Å²) in [4.78, 5) is 19.7. The molecule has 4 atom stereocenters. The third kappa shape index (κ3) is 3.46. The van der Waals surface area contributed by atoms with Gasteiger partial charge in [-0.3, -0.25) is 9.78 Å². The molecule has 4 heterocycles. The third-order valence-electron chi connectivity index (χ3n) is 7.46. The van der Waals surface area contributed by atoms with Crippen molar-refractivity contribution in [3.63, 3.8) is 0 Å². The van der Waals surface area contributed by atoms with E-state index in [4.69, 9.17) is 4.74 Å². The van der Waals surface area contributed by atoms with Gasteiger partial charge in [0.1, 0.15) is 0 Å². The lowest BCUT2D eigenvalue weighted by molar-refractivity contribution is -0.149. The average Bonchev–Trinajstić information content (AvgIpc) is 3.26. The van der Waals surface area contributed by atoms with E-state index in [-0.39, 0.29) is 24.1 Å². The Kier molecular flexibility index (Phi) is 4.87. The van der Waals surface area contributed by atoms with Gasteiger partial charge in [0.25, 0.3) is 0 Å². The monoisotopic (exact) mass is 397 g/mol. The fourth-order valence-electron chi connectivity index (χ4n) is 6.09. The van der Waals surface area contributed by atoms with Crippen molar-refractivity contribution in [1.82, 2.24) is 14.5 Å². The summed E-state index contributed by atoms with van der Waals surface area (Å²) >= 11 is 0. The number of carbonyl (C=O) groups excluding carboxylic acids is 1. The highest BCUT2D eigenvalue weighted by atomic mass is 16.5. The van der Waals surface area contributed by atoms with Crippen LogP contribution in [0.4, 0.5) is 0 Å². The van der Waals surface area contributed by atoms with Crippen molar-refractivity contribution in [3.8, 4) is 0 Å². The molecule has 156 valence electrons. The molecule has 5 rings (SSSR count). The van der Waals surface area contributed by atoms with Gasteiger partial charge >= 0.3 is 0 Å². The number of methoxy groups -OCH3 is 1. The van der Waals surface area contributed by atoms with Gasteiger partial charge in [-0.25, -0.2) is 0 Å². The molecule has 3 aliphatic rings. The Morgan fingerprint density at radius 3 is 2.79 bits per heavy atom. The molecular weight excluding hydrogens is 366 g/mol. The molecule has 2 bridgehead atoms. The Morgan fingerprint density at radius 1 is 1.24 bits per heavy atom. The molecule has 2 saturated heterocycles. The van der Waals surface area contributed by atoms with Gasteiger partial charge in [-0.1, -0.05) is 6.42 Å². The number of aliphatic hydroxyl groups is 1. The molecule has 6 heteroatoms. The summed E-state index contributed by atoms with van der Waals surface area (Å²) in [5.74, 6) is 0.388. The van der Waals surface area contributed by atoms with Crippen molar-refractivity contribution in [2.75, 3.05) is 7.11 Å². The first-order valence-corrected chi connectivity index (χ1v) is 11.0. The van der Waals surface area contributed by atoms with E-state index in [1.165, 1.54) is 0 Å². The maximum absolute atomic E-state index is 13.4.